The molecule has 1 rings (SSSR count). The first-order valence-corrected chi connectivity index (χ1v) is 4.72. The van der Waals surface area contributed by atoms with Crippen LogP contribution in [0.4, 0.5) is 5.69 Å². The lowest BCUT2D eigenvalue weighted by Crippen LogP contribution is -2.25. The minimum Gasteiger partial charge on any atom is -0.323 e. The minimum atomic E-state index is -0.0938. The van der Waals surface area contributed by atoms with Crippen LogP contribution in [0.3, 0.4) is 0 Å². The zero-order valence-electron chi connectivity index (χ0n) is 8.23. The number of hydrogen-bond acceptors (Lipinski definition) is 2. The summed E-state index contributed by atoms with van der Waals surface area (Å²) in [6.07, 6.45) is 0. The van der Waals surface area contributed by atoms with Crippen LogP contribution in [0.25, 0.3) is 0 Å². The highest BCUT2D eigenvalue weighted by Gasteiger charge is 2.06. The van der Waals surface area contributed by atoms with E-state index >= 15 is 0 Å². The second-order valence-corrected chi connectivity index (χ2v) is 3.42. The molecule has 0 aliphatic rings. The molecule has 0 atom stereocenters. The fourth-order valence-electron chi connectivity index (χ4n) is 1.13. The van der Waals surface area contributed by atoms with Crippen LogP contribution in [0.2, 0.25) is 5.02 Å². The topological polar surface area (TPSA) is 41.1 Å². The number of halogens is 1. The average molecular weight is 213 g/mol. The monoisotopic (exact) mass is 212 g/mol. The molecule has 0 spiro atoms. The number of benzene rings is 1. The summed E-state index contributed by atoms with van der Waals surface area (Å²) in [6.45, 7) is 2.19. The maximum Gasteiger partial charge on any atom is 0.238 e. The van der Waals surface area contributed by atoms with Gasteiger partial charge in [0.25, 0.3) is 0 Å². The predicted octanol–water partition coefficient (Wildman–Crippen LogP) is 1.81. The standard InChI is InChI=1S/C10H13ClN2O/c1-7-4-3-5-8(11)10(7)13-9(14)6-12-2/h3-5,12H,6H2,1-2H3,(H,13,14). The zero-order valence-corrected chi connectivity index (χ0v) is 8.98. The van der Waals surface area contributed by atoms with E-state index in [1.165, 1.54) is 0 Å². The Morgan fingerprint density at radius 3 is 2.79 bits per heavy atom. The SMILES string of the molecule is CNCC(=O)Nc1c(C)cccc1Cl. The largest absolute Gasteiger partial charge is 0.323 e. The lowest BCUT2D eigenvalue weighted by molar-refractivity contribution is -0.115. The molecule has 0 aliphatic heterocycles. The fraction of sp³-hybridized carbons (Fsp3) is 0.300. The third kappa shape index (κ3) is 2.72. The van der Waals surface area contributed by atoms with E-state index in [0.717, 1.165) is 5.56 Å². The summed E-state index contributed by atoms with van der Waals surface area (Å²) in [6, 6.07) is 5.51. The van der Waals surface area contributed by atoms with Gasteiger partial charge < -0.3 is 10.6 Å². The molecule has 1 aromatic rings. The number of likely N-dealkylation sites (N-methyl/N-ethyl adjacent to an activating group) is 1. The molecule has 1 aromatic carbocycles. The van der Waals surface area contributed by atoms with Gasteiger partial charge in [-0.25, -0.2) is 0 Å². The fourth-order valence-corrected chi connectivity index (χ4v) is 1.40. The highest BCUT2D eigenvalue weighted by molar-refractivity contribution is 6.33. The zero-order chi connectivity index (χ0) is 10.6. The third-order valence-electron chi connectivity index (χ3n) is 1.82. The van der Waals surface area contributed by atoms with Gasteiger partial charge >= 0.3 is 0 Å². The van der Waals surface area contributed by atoms with Crippen LogP contribution in [-0.2, 0) is 4.79 Å². The second kappa shape index (κ2) is 4.98. The summed E-state index contributed by atoms with van der Waals surface area (Å²) < 4.78 is 0. The molecule has 0 radical (unpaired) electrons. The summed E-state index contributed by atoms with van der Waals surface area (Å²) in [5.41, 5.74) is 1.65. The number of carbonyl (C=O) groups excluding carboxylic acids is 1. The van der Waals surface area contributed by atoms with Crippen LogP contribution >= 0.6 is 11.6 Å². The van der Waals surface area contributed by atoms with E-state index in [1.54, 1.807) is 13.1 Å². The van der Waals surface area contributed by atoms with Crippen molar-refractivity contribution in [1.29, 1.82) is 0 Å². The van der Waals surface area contributed by atoms with Gasteiger partial charge in [0.05, 0.1) is 17.3 Å². The van der Waals surface area contributed by atoms with Crippen molar-refractivity contribution in [1.82, 2.24) is 5.32 Å². The van der Waals surface area contributed by atoms with Gasteiger partial charge in [-0.2, -0.15) is 0 Å². The first kappa shape index (κ1) is 11.0. The van der Waals surface area contributed by atoms with Crippen molar-refractivity contribution in [2.45, 2.75) is 6.92 Å². The molecule has 14 heavy (non-hydrogen) atoms. The number of hydrogen-bond donors (Lipinski definition) is 2. The molecule has 76 valence electrons. The number of para-hydroxylation sites is 1. The maximum absolute atomic E-state index is 11.3. The number of amides is 1. The number of anilines is 1. The minimum absolute atomic E-state index is 0.0938. The molecule has 0 unspecified atom stereocenters. The molecule has 4 heteroatoms. The van der Waals surface area contributed by atoms with Gasteiger partial charge in [0.15, 0.2) is 0 Å². The molecule has 0 bridgehead atoms. The lowest BCUT2D eigenvalue weighted by atomic mass is 10.2. The van der Waals surface area contributed by atoms with Gasteiger partial charge in [0, 0.05) is 0 Å². The van der Waals surface area contributed by atoms with Crippen molar-refractivity contribution in [2.75, 3.05) is 18.9 Å². The Balaban J connectivity index is 2.80. The Kier molecular flexibility index (Phi) is 3.92. The summed E-state index contributed by atoms with van der Waals surface area (Å²) in [5, 5.41) is 6.08. The van der Waals surface area contributed by atoms with Crippen molar-refractivity contribution in [3.8, 4) is 0 Å². The first-order chi connectivity index (χ1) is 6.65. The number of carbonyl (C=O) groups is 1. The predicted molar refractivity (Wildman–Crippen MR) is 58.7 cm³/mol. The molecular weight excluding hydrogens is 200 g/mol. The average Bonchev–Trinajstić information content (AvgIpc) is 2.12. The lowest BCUT2D eigenvalue weighted by Gasteiger charge is -2.09. The van der Waals surface area contributed by atoms with Gasteiger partial charge in [-0.15, -0.1) is 0 Å². The van der Waals surface area contributed by atoms with Crippen LogP contribution < -0.4 is 10.6 Å². The van der Waals surface area contributed by atoms with Gasteiger partial charge in [-0.3, -0.25) is 4.79 Å². The Morgan fingerprint density at radius 1 is 1.50 bits per heavy atom. The summed E-state index contributed by atoms with van der Waals surface area (Å²) in [7, 11) is 1.72. The third-order valence-corrected chi connectivity index (χ3v) is 2.14. The normalized spacial score (nSPS) is 9.93. The molecule has 0 aromatic heterocycles. The quantitative estimate of drug-likeness (QED) is 0.803. The summed E-state index contributed by atoms with van der Waals surface area (Å²) in [5.74, 6) is -0.0938. The van der Waals surface area contributed by atoms with Crippen molar-refractivity contribution < 1.29 is 4.79 Å². The van der Waals surface area contributed by atoms with E-state index in [0.29, 0.717) is 10.7 Å². The van der Waals surface area contributed by atoms with E-state index in [4.69, 9.17) is 11.6 Å². The summed E-state index contributed by atoms with van der Waals surface area (Å²) in [4.78, 5) is 11.3. The van der Waals surface area contributed by atoms with Crippen LogP contribution in [0.5, 0.6) is 0 Å². The van der Waals surface area contributed by atoms with Gasteiger partial charge in [-0.05, 0) is 25.6 Å². The van der Waals surface area contributed by atoms with Crippen molar-refractivity contribution in [2.24, 2.45) is 0 Å². The Labute approximate surface area is 88.5 Å². The summed E-state index contributed by atoms with van der Waals surface area (Å²) >= 11 is 5.94. The first-order valence-electron chi connectivity index (χ1n) is 4.34. The van der Waals surface area contributed by atoms with Crippen LogP contribution in [-0.4, -0.2) is 19.5 Å². The number of nitrogens with one attached hydrogen (secondary N) is 2. The van der Waals surface area contributed by atoms with Crippen LogP contribution in [0, 0.1) is 6.92 Å². The van der Waals surface area contributed by atoms with Gasteiger partial charge in [0.2, 0.25) is 5.91 Å². The van der Waals surface area contributed by atoms with E-state index in [9.17, 15) is 4.79 Å². The molecule has 2 N–H and O–H groups in total. The van der Waals surface area contributed by atoms with E-state index in [1.807, 2.05) is 19.1 Å². The van der Waals surface area contributed by atoms with Crippen molar-refractivity contribution in [3.63, 3.8) is 0 Å². The smallest absolute Gasteiger partial charge is 0.238 e. The molecule has 0 heterocycles. The van der Waals surface area contributed by atoms with E-state index in [2.05, 4.69) is 10.6 Å². The molecule has 0 aliphatic carbocycles. The van der Waals surface area contributed by atoms with Crippen LogP contribution in [0.1, 0.15) is 5.56 Å². The van der Waals surface area contributed by atoms with Crippen LogP contribution in [0.15, 0.2) is 18.2 Å². The van der Waals surface area contributed by atoms with Gasteiger partial charge in [0.1, 0.15) is 0 Å². The number of aryl methyl sites for hydroxylation is 1. The molecular formula is C10H13ClN2O. The van der Waals surface area contributed by atoms with E-state index in [-0.39, 0.29) is 12.5 Å². The molecule has 3 nitrogen and oxygen atoms in total. The molecule has 1 amide bonds. The Bertz CT molecular complexity index is 319. The second-order valence-electron chi connectivity index (χ2n) is 3.01. The highest BCUT2D eigenvalue weighted by Crippen LogP contribution is 2.24. The van der Waals surface area contributed by atoms with Crippen molar-refractivity contribution >= 4 is 23.2 Å². The van der Waals surface area contributed by atoms with E-state index < -0.39 is 0 Å². The highest BCUT2D eigenvalue weighted by atomic mass is 35.5. The number of rotatable bonds is 3. The molecule has 0 fully saturated rings. The van der Waals surface area contributed by atoms with Gasteiger partial charge in [-0.1, -0.05) is 23.7 Å². The Hall–Kier alpha value is -1.06. The molecule has 0 saturated carbocycles. The molecule has 0 saturated heterocycles. The van der Waals surface area contributed by atoms with Crippen molar-refractivity contribution in [3.05, 3.63) is 28.8 Å². The Morgan fingerprint density at radius 2 is 2.21 bits per heavy atom. The maximum atomic E-state index is 11.3.